The Morgan fingerprint density at radius 2 is 1.82 bits per heavy atom. The summed E-state index contributed by atoms with van der Waals surface area (Å²) in [5, 5.41) is 25.7. The summed E-state index contributed by atoms with van der Waals surface area (Å²) in [6.45, 7) is 5.43. The lowest BCUT2D eigenvalue weighted by atomic mass is 10.2. The van der Waals surface area contributed by atoms with Gasteiger partial charge >= 0.3 is 10.1 Å². The number of ether oxygens (including phenoxy) is 3. The van der Waals surface area contributed by atoms with Crippen LogP contribution < -0.4 is 24.1 Å². The Morgan fingerprint density at radius 3 is 2.35 bits per heavy atom. The zero-order valence-electron chi connectivity index (χ0n) is 18.6. The topological polar surface area (TPSA) is 200 Å². The van der Waals surface area contributed by atoms with Gasteiger partial charge in [0.15, 0.2) is 4.90 Å². The van der Waals surface area contributed by atoms with E-state index in [-0.39, 0.29) is 35.5 Å². The van der Waals surface area contributed by atoms with E-state index in [4.69, 9.17) is 44.9 Å². The third-order valence-electron chi connectivity index (χ3n) is 3.89. The van der Waals surface area contributed by atoms with E-state index in [9.17, 15) is 8.42 Å². The van der Waals surface area contributed by atoms with Crippen molar-refractivity contribution < 1.29 is 37.1 Å². The second kappa shape index (κ2) is 12.7. The van der Waals surface area contributed by atoms with Gasteiger partial charge < -0.3 is 29.3 Å². The Balaban J connectivity index is 0.00000133. The Hall–Kier alpha value is -4.27. The van der Waals surface area contributed by atoms with Crippen LogP contribution in [0.1, 0.15) is 5.56 Å². The summed E-state index contributed by atoms with van der Waals surface area (Å²) < 4.78 is 46.8. The maximum Gasteiger partial charge on any atom is 0.343 e. The molecule has 0 spiro atoms. The lowest BCUT2D eigenvalue weighted by Crippen LogP contribution is -2.34. The van der Waals surface area contributed by atoms with Crippen LogP contribution >= 0.6 is 0 Å². The fraction of sp³-hybridized carbons (Fsp3) is 0.263. The molecule has 0 radical (unpaired) electrons. The molecule has 186 valence electrons. The van der Waals surface area contributed by atoms with Crippen LogP contribution in [0.15, 0.2) is 46.4 Å². The molecule has 2 rings (SSSR count). The first-order chi connectivity index (χ1) is 15.9. The van der Waals surface area contributed by atoms with Crippen LogP contribution in [-0.2, 0) is 10.1 Å². The molecule has 2 aromatic rings. The number of nitrogens with zero attached hydrogens (tertiary/aromatic N) is 3. The maximum atomic E-state index is 12.8. The van der Waals surface area contributed by atoms with E-state index in [1.54, 1.807) is 25.1 Å². The van der Waals surface area contributed by atoms with Gasteiger partial charge in [-0.3, -0.25) is 5.41 Å². The fourth-order valence-electron chi connectivity index (χ4n) is 2.51. The molecule has 0 amide bonds. The van der Waals surface area contributed by atoms with Crippen molar-refractivity contribution in [1.82, 2.24) is 5.01 Å². The van der Waals surface area contributed by atoms with E-state index in [2.05, 4.69) is 11.8 Å². The molecule has 0 unspecified atom stereocenters. The second-order valence-corrected chi connectivity index (χ2v) is 7.79. The van der Waals surface area contributed by atoms with Gasteiger partial charge in [0.1, 0.15) is 29.6 Å². The highest BCUT2D eigenvalue weighted by Crippen LogP contribution is 2.32. The lowest BCUT2D eigenvalue weighted by Gasteiger charge is -2.17. The van der Waals surface area contributed by atoms with Crippen molar-refractivity contribution in [3.8, 4) is 23.0 Å². The quantitative estimate of drug-likeness (QED) is 0.141. The zero-order chi connectivity index (χ0) is 25.9. The minimum absolute atomic E-state index is 0.0696. The standard InChI is InChI=1S/C19H24N4O6S.HNO3/c1-13-9-15(28-8-7-23(22-2)19(20)21)11-16(10-13)29-30(24,25)18-12-14(26-3)5-6-17(18)27-4;2-1(3)4/h5-6,9-12H,2,7-8H2,1,3-4H3,(H3,20,21);(H,2,3,4). The Bertz CT molecular complexity index is 1120. The number of hydrogen-bond donors (Lipinski definition) is 3. The molecule has 4 N–H and O–H groups in total. The summed E-state index contributed by atoms with van der Waals surface area (Å²) in [7, 11) is -1.42. The predicted octanol–water partition coefficient (Wildman–Crippen LogP) is 1.62. The minimum Gasteiger partial charge on any atom is -0.497 e. The van der Waals surface area contributed by atoms with Gasteiger partial charge in [-0.05, 0) is 36.8 Å². The normalized spacial score (nSPS) is 10.2. The number of hydrogen-bond acceptors (Lipinski definition) is 10. The van der Waals surface area contributed by atoms with E-state index in [0.29, 0.717) is 11.5 Å². The largest absolute Gasteiger partial charge is 0.497 e. The van der Waals surface area contributed by atoms with Gasteiger partial charge in [0, 0.05) is 18.9 Å². The molecule has 0 fully saturated rings. The van der Waals surface area contributed by atoms with Gasteiger partial charge in [0.05, 0.1) is 20.8 Å². The summed E-state index contributed by atoms with van der Waals surface area (Å²) >= 11 is 0. The first-order valence-electron chi connectivity index (χ1n) is 9.26. The fourth-order valence-corrected chi connectivity index (χ4v) is 3.61. The van der Waals surface area contributed by atoms with Crippen molar-refractivity contribution in [3.05, 3.63) is 52.1 Å². The molecule has 0 atom stereocenters. The molecule has 15 heteroatoms. The molecule has 0 aliphatic carbocycles. The molecule has 2 aromatic carbocycles. The van der Waals surface area contributed by atoms with Crippen LogP contribution in [0.2, 0.25) is 0 Å². The maximum absolute atomic E-state index is 12.8. The van der Waals surface area contributed by atoms with E-state index in [1.165, 1.54) is 32.4 Å². The van der Waals surface area contributed by atoms with Gasteiger partial charge in [-0.1, -0.05) is 0 Å². The summed E-state index contributed by atoms with van der Waals surface area (Å²) in [4.78, 5) is 8.20. The molecule has 0 aliphatic rings. The van der Waals surface area contributed by atoms with E-state index >= 15 is 0 Å². The smallest absolute Gasteiger partial charge is 0.343 e. The number of guanidine groups is 1. The molecule has 0 aromatic heterocycles. The monoisotopic (exact) mass is 499 g/mol. The molecule has 0 aliphatic heterocycles. The van der Waals surface area contributed by atoms with Crippen LogP contribution in [0.3, 0.4) is 0 Å². The molecule has 14 nitrogen and oxygen atoms in total. The number of aryl methyl sites for hydroxylation is 1. The molecule has 34 heavy (non-hydrogen) atoms. The SMILES string of the molecule is C=NN(CCOc1cc(C)cc(OS(=O)(=O)c2cc(OC)ccc2OC)c1)C(=N)N.O=[N+]([O-])O. The predicted molar refractivity (Wildman–Crippen MR) is 121 cm³/mol. The zero-order valence-corrected chi connectivity index (χ0v) is 19.4. The first-order valence-corrected chi connectivity index (χ1v) is 10.7. The van der Waals surface area contributed by atoms with Gasteiger partial charge in [0.2, 0.25) is 5.96 Å². The van der Waals surface area contributed by atoms with Gasteiger partial charge in [-0.25, -0.2) is 5.01 Å². The van der Waals surface area contributed by atoms with Crippen molar-refractivity contribution in [2.24, 2.45) is 10.8 Å². The van der Waals surface area contributed by atoms with Crippen LogP contribution in [-0.4, -0.2) is 63.8 Å². The van der Waals surface area contributed by atoms with E-state index in [0.717, 1.165) is 10.6 Å². The summed E-state index contributed by atoms with van der Waals surface area (Å²) in [6, 6.07) is 9.10. The van der Waals surface area contributed by atoms with Crippen molar-refractivity contribution in [2.45, 2.75) is 11.8 Å². The van der Waals surface area contributed by atoms with Crippen molar-refractivity contribution in [3.63, 3.8) is 0 Å². The van der Waals surface area contributed by atoms with Crippen LogP contribution in [0, 0.1) is 22.4 Å². The Labute approximate surface area is 195 Å². The molecule has 0 heterocycles. The molecule has 0 saturated heterocycles. The van der Waals surface area contributed by atoms with Gasteiger partial charge in [0.25, 0.3) is 5.09 Å². The average Bonchev–Trinajstić information content (AvgIpc) is 2.75. The number of methoxy groups -OCH3 is 2. The number of nitrogens with two attached hydrogens (primary N) is 1. The highest BCUT2D eigenvalue weighted by Gasteiger charge is 2.23. The number of benzene rings is 2. The summed E-state index contributed by atoms with van der Waals surface area (Å²) in [5.74, 6) is 0.656. The first kappa shape index (κ1) is 27.8. The molecule has 0 saturated carbocycles. The van der Waals surface area contributed by atoms with E-state index in [1.807, 2.05) is 0 Å². The molecular formula is C19H25N5O9S. The highest BCUT2D eigenvalue weighted by atomic mass is 32.2. The van der Waals surface area contributed by atoms with Crippen LogP contribution in [0.4, 0.5) is 0 Å². The average molecular weight is 500 g/mol. The van der Waals surface area contributed by atoms with E-state index < -0.39 is 15.2 Å². The molecule has 0 bridgehead atoms. The van der Waals surface area contributed by atoms with Gasteiger partial charge in [-0.15, -0.1) is 10.1 Å². The van der Waals surface area contributed by atoms with Crippen molar-refractivity contribution in [1.29, 1.82) is 5.41 Å². The number of rotatable bonds is 10. The second-order valence-electron chi connectivity index (χ2n) is 6.27. The third-order valence-corrected chi connectivity index (χ3v) is 5.16. The Kier molecular flexibility index (Phi) is 10.4. The number of hydrazone groups is 1. The van der Waals surface area contributed by atoms with Gasteiger partial charge in [-0.2, -0.15) is 13.5 Å². The highest BCUT2D eigenvalue weighted by molar-refractivity contribution is 7.87. The van der Waals surface area contributed by atoms with Crippen molar-refractivity contribution >= 4 is 22.8 Å². The summed E-state index contributed by atoms with van der Waals surface area (Å²) in [6.07, 6.45) is 0. The molecular weight excluding hydrogens is 474 g/mol. The summed E-state index contributed by atoms with van der Waals surface area (Å²) in [5.41, 5.74) is 6.08. The van der Waals surface area contributed by atoms with Crippen molar-refractivity contribution in [2.75, 3.05) is 27.4 Å². The lowest BCUT2D eigenvalue weighted by molar-refractivity contribution is -0.742. The van der Waals surface area contributed by atoms with Crippen LogP contribution in [0.25, 0.3) is 0 Å². The third kappa shape index (κ3) is 8.70. The van der Waals surface area contributed by atoms with Crippen LogP contribution in [0.5, 0.6) is 23.0 Å². The Morgan fingerprint density at radius 1 is 1.21 bits per heavy atom. The minimum atomic E-state index is -4.21. The number of nitrogens with one attached hydrogen (secondary N) is 1.